The highest BCUT2D eigenvalue weighted by Gasteiger charge is 2.22. The van der Waals surface area contributed by atoms with Crippen LogP contribution in [0.1, 0.15) is 49.2 Å². The molecule has 0 fully saturated rings. The van der Waals surface area contributed by atoms with Crippen molar-refractivity contribution in [2.24, 2.45) is 5.41 Å². The third-order valence-electron chi connectivity index (χ3n) is 3.94. The number of halogens is 1. The fourth-order valence-corrected chi connectivity index (χ4v) is 3.29. The molecular formula is C20H24FNO3S. The summed E-state index contributed by atoms with van der Waals surface area (Å²) in [5.74, 6) is -0.630. The maximum absolute atomic E-state index is 13.2. The average Bonchev–Trinajstić information content (AvgIpc) is 2.53. The van der Waals surface area contributed by atoms with E-state index in [1.807, 2.05) is 0 Å². The van der Waals surface area contributed by atoms with Gasteiger partial charge in [-0.2, -0.15) is 0 Å². The number of hydrogen-bond acceptors (Lipinski definition) is 3. The Hall–Kier alpha value is -2.21. The Morgan fingerprint density at radius 2 is 1.58 bits per heavy atom. The molecule has 1 atom stereocenters. The molecule has 2 rings (SSSR count). The molecule has 0 heterocycles. The van der Waals surface area contributed by atoms with Crippen molar-refractivity contribution in [2.75, 3.05) is 6.26 Å². The van der Waals surface area contributed by atoms with E-state index in [1.54, 1.807) is 12.1 Å². The summed E-state index contributed by atoms with van der Waals surface area (Å²) in [6.45, 7) is 6.20. The van der Waals surface area contributed by atoms with Crippen LogP contribution in [0.3, 0.4) is 0 Å². The molecule has 0 aliphatic carbocycles. The third kappa shape index (κ3) is 5.66. The highest BCUT2D eigenvalue weighted by molar-refractivity contribution is 7.90. The van der Waals surface area contributed by atoms with Gasteiger partial charge >= 0.3 is 0 Å². The Morgan fingerprint density at radius 3 is 2.04 bits per heavy atom. The smallest absolute Gasteiger partial charge is 0.251 e. The molecule has 0 radical (unpaired) electrons. The number of nitrogens with one attached hydrogen (secondary N) is 1. The second-order valence-corrected chi connectivity index (χ2v) is 9.65. The summed E-state index contributed by atoms with van der Waals surface area (Å²) in [5, 5.41) is 2.97. The second kappa shape index (κ2) is 7.58. The monoisotopic (exact) mass is 377 g/mol. The Morgan fingerprint density at radius 1 is 1.04 bits per heavy atom. The first kappa shape index (κ1) is 20.1. The summed E-state index contributed by atoms with van der Waals surface area (Å²) >= 11 is 0. The average molecular weight is 377 g/mol. The number of carbonyl (C=O) groups is 1. The molecule has 6 heteroatoms. The van der Waals surface area contributed by atoms with Gasteiger partial charge in [-0.05, 0) is 53.8 Å². The first-order valence-electron chi connectivity index (χ1n) is 8.32. The fourth-order valence-electron chi connectivity index (χ4n) is 2.65. The Labute approximate surface area is 154 Å². The molecule has 140 valence electrons. The van der Waals surface area contributed by atoms with E-state index in [4.69, 9.17) is 0 Å². The molecule has 1 amide bonds. The SMILES string of the molecule is CC(C)(C)CC(NC(=O)c1ccc(S(C)(=O)=O)cc1)c1ccc(F)cc1. The molecule has 0 aliphatic heterocycles. The maximum Gasteiger partial charge on any atom is 0.251 e. The number of benzene rings is 2. The molecular weight excluding hydrogens is 353 g/mol. The topological polar surface area (TPSA) is 63.2 Å². The van der Waals surface area contributed by atoms with Gasteiger partial charge in [0.1, 0.15) is 5.82 Å². The van der Waals surface area contributed by atoms with Gasteiger partial charge in [0.05, 0.1) is 10.9 Å². The zero-order valence-corrected chi connectivity index (χ0v) is 16.2. The van der Waals surface area contributed by atoms with Gasteiger partial charge in [0.25, 0.3) is 5.91 Å². The van der Waals surface area contributed by atoms with Crippen molar-refractivity contribution in [1.82, 2.24) is 5.32 Å². The molecule has 2 aromatic carbocycles. The van der Waals surface area contributed by atoms with Crippen LogP contribution in [0.4, 0.5) is 4.39 Å². The molecule has 1 unspecified atom stereocenters. The lowest BCUT2D eigenvalue weighted by Gasteiger charge is -2.27. The van der Waals surface area contributed by atoms with Crippen molar-refractivity contribution in [3.05, 3.63) is 65.5 Å². The van der Waals surface area contributed by atoms with Gasteiger partial charge in [0.15, 0.2) is 9.84 Å². The van der Waals surface area contributed by atoms with Crippen LogP contribution in [-0.2, 0) is 9.84 Å². The van der Waals surface area contributed by atoms with Crippen LogP contribution >= 0.6 is 0 Å². The van der Waals surface area contributed by atoms with Crippen LogP contribution in [0.15, 0.2) is 53.4 Å². The summed E-state index contributed by atoms with van der Waals surface area (Å²) in [7, 11) is -3.31. The van der Waals surface area contributed by atoms with Crippen LogP contribution < -0.4 is 5.32 Å². The predicted octanol–water partition coefficient (Wildman–Crippen LogP) is 4.14. The number of amides is 1. The number of carbonyl (C=O) groups excluding carboxylic acids is 1. The zero-order chi connectivity index (χ0) is 19.5. The van der Waals surface area contributed by atoms with E-state index in [1.165, 1.54) is 36.4 Å². The summed E-state index contributed by atoms with van der Waals surface area (Å²) in [6, 6.07) is 11.6. The van der Waals surface area contributed by atoms with Crippen LogP contribution in [-0.4, -0.2) is 20.6 Å². The Balaban J connectivity index is 2.24. The molecule has 2 aromatic rings. The maximum atomic E-state index is 13.2. The van der Waals surface area contributed by atoms with Gasteiger partial charge in [-0.15, -0.1) is 0 Å². The van der Waals surface area contributed by atoms with E-state index in [2.05, 4.69) is 26.1 Å². The van der Waals surface area contributed by atoms with Crippen LogP contribution in [0.5, 0.6) is 0 Å². The molecule has 26 heavy (non-hydrogen) atoms. The largest absolute Gasteiger partial charge is 0.345 e. The summed E-state index contributed by atoms with van der Waals surface area (Å²) < 4.78 is 36.3. The lowest BCUT2D eigenvalue weighted by molar-refractivity contribution is 0.0926. The quantitative estimate of drug-likeness (QED) is 0.852. The first-order chi connectivity index (χ1) is 12.0. The van der Waals surface area contributed by atoms with Gasteiger partial charge in [0, 0.05) is 11.8 Å². The van der Waals surface area contributed by atoms with E-state index in [0.717, 1.165) is 11.8 Å². The van der Waals surface area contributed by atoms with Crippen molar-refractivity contribution < 1.29 is 17.6 Å². The standard InChI is InChI=1S/C20H24FNO3S/c1-20(2,3)13-18(14-5-9-16(21)10-6-14)22-19(23)15-7-11-17(12-8-15)26(4,24)25/h5-12,18H,13H2,1-4H3,(H,22,23). The molecule has 0 spiro atoms. The highest BCUT2D eigenvalue weighted by atomic mass is 32.2. The van der Waals surface area contributed by atoms with Gasteiger partial charge in [-0.1, -0.05) is 32.9 Å². The summed E-state index contributed by atoms with van der Waals surface area (Å²) in [5.41, 5.74) is 1.15. The fraction of sp³-hybridized carbons (Fsp3) is 0.350. The summed E-state index contributed by atoms with van der Waals surface area (Å²) in [6.07, 6.45) is 1.79. The number of rotatable bonds is 5. The molecule has 4 nitrogen and oxygen atoms in total. The van der Waals surface area contributed by atoms with Gasteiger partial charge < -0.3 is 5.32 Å². The molecule has 0 aromatic heterocycles. The number of sulfone groups is 1. The van der Waals surface area contributed by atoms with Crippen molar-refractivity contribution in [3.8, 4) is 0 Å². The Bertz CT molecular complexity index is 867. The Kier molecular flexibility index (Phi) is 5.86. The molecule has 0 aliphatic rings. The minimum Gasteiger partial charge on any atom is -0.345 e. The van der Waals surface area contributed by atoms with Crippen molar-refractivity contribution in [1.29, 1.82) is 0 Å². The van der Waals surface area contributed by atoms with E-state index in [0.29, 0.717) is 12.0 Å². The van der Waals surface area contributed by atoms with Gasteiger partial charge in [-0.25, -0.2) is 12.8 Å². The van der Waals surface area contributed by atoms with E-state index < -0.39 is 9.84 Å². The third-order valence-corrected chi connectivity index (χ3v) is 5.07. The molecule has 0 saturated carbocycles. The van der Waals surface area contributed by atoms with Gasteiger partial charge in [-0.3, -0.25) is 4.79 Å². The number of hydrogen-bond donors (Lipinski definition) is 1. The van der Waals surface area contributed by atoms with Crippen LogP contribution in [0.25, 0.3) is 0 Å². The van der Waals surface area contributed by atoms with E-state index in [9.17, 15) is 17.6 Å². The van der Waals surface area contributed by atoms with Crippen molar-refractivity contribution >= 4 is 15.7 Å². The molecule has 1 N–H and O–H groups in total. The van der Waals surface area contributed by atoms with Crippen molar-refractivity contribution in [3.63, 3.8) is 0 Å². The second-order valence-electron chi connectivity index (χ2n) is 7.64. The lowest BCUT2D eigenvalue weighted by atomic mass is 9.85. The zero-order valence-electron chi connectivity index (χ0n) is 15.4. The van der Waals surface area contributed by atoms with Crippen LogP contribution in [0.2, 0.25) is 0 Å². The predicted molar refractivity (Wildman–Crippen MR) is 100 cm³/mol. The van der Waals surface area contributed by atoms with Gasteiger partial charge in [0.2, 0.25) is 0 Å². The van der Waals surface area contributed by atoms with Crippen molar-refractivity contribution in [2.45, 2.75) is 38.1 Å². The highest BCUT2D eigenvalue weighted by Crippen LogP contribution is 2.30. The van der Waals surface area contributed by atoms with E-state index >= 15 is 0 Å². The first-order valence-corrected chi connectivity index (χ1v) is 10.2. The lowest BCUT2D eigenvalue weighted by Crippen LogP contribution is -2.31. The molecule has 0 bridgehead atoms. The summed E-state index contributed by atoms with van der Waals surface area (Å²) in [4.78, 5) is 12.8. The molecule has 0 saturated heterocycles. The minimum absolute atomic E-state index is 0.0491. The normalized spacial score (nSPS) is 13.3. The van der Waals surface area contributed by atoms with Crippen LogP contribution in [0, 0.1) is 11.2 Å². The van der Waals surface area contributed by atoms with E-state index in [-0.39, 0.29) is 28.1 Å². The minimum atomic E-state index is -3.31.